The van der Waals surface area contributed by atoms with Crippen molar-refractivity contribution in [3.63, 3.8) is 0 Å². The van der Waals surface area contributed by atoms with Crippen molar-refractivity contribution in [2.24, 2.45) is 23.2 Å². The van der Waals surface area contributed by atoms with Crippen LogP contribution in [0, 0.1) is 35.5 Å². The standard InChI is InChI=1S/C21H26O2/c1-3-4-13-9-14-10-15(22)5-6-17(14)18-7-8-21(2)12-16(23)11-19(21)20(13)18/h1,5-6,10,13,16,18-20,22-23H,4,7-9,11-12H2,2H3/t13-,16+,18-,19+,20-,21-/m1/s1. The summed E-state index contributed by atoms with van der Waals surface area (Å²) in [5.41, 5.74) is 2.99. The maximum absolute atomic E-state index is 10.3. The summed E-state index contributed by atoms with van der Waals surface area (Å²) in [6.07, 6.45) is 11.6. The highest BCUT2D eigenvalue weighted by Crippen LogP contribution is 2.62. The predicted octanol–water partition coefficient (Wildman–Crippen LogP) is 3.86. The monoisotopic (exact) mass is 310 g/mol. The number of rotatable bonds is 1. The zero-order valence-electron chi connectivity index (χ0n) is 13.8. The van der Waals surface area contributed by atoms with Crippen LogP contribution in [0.3, 0.4) is 0 Å². The third-order valence-corrected chi connectivity index (χ3v) is 7.01. The summed E-state index contributed by atoms with van der Waals surface area (Å²) in [4.78, 5) is 0. The van der Waals surface area contributed by atoms with Crippen molar-refractivity contribution in [3.8, 4) is 18.1 Å². The topological polar surface area (TPSA) is 40.5 Å². The Morgan fingerprint density at radius 1 is 1.39 bits per heavy atom. The van der Waals surface area contributed by atoms with Gasteiger partial charge in [-0.1, -0.05) is 13.0 Å². The van der Waals surface area contributed by atoms with Crippen LogP contribution in [-0.4, -0.2) is 16.3 Å². The van der Waals surface area contributed by atoms with E-state index in [9.17, 15) is 10.2 Å². The highest BCUT2D eigenvalue weighted by Gasteiger charge is 2.55. The smallest absolute Gasteiger partial charge is 0.115 e. The van der Waals surface area contributed by atoms with Crippen molar-refractivity contribution in [2.75, 3.05) is 0 Å². The quantitative estimate of drug-likeness (QED) is 0.773. The maximum atomic E-state index is 10.3. The molecule has 0 saturated heterocycles. The van der Waals surface area contributed by atoms with E-state index in [1.54, 1.807) is 0 Å². The number of aliphatic hydroxyl groups excluding tert-OH is 1. The van der Waals surface area contributed by atoms with Crippen molar-refractivity contribution in [1.82, 2.24) is 0 Å². The molecule has 3 aliphatic carbocycles. The van der Waals surface area contributed by atoms with E-state index < -0.39 is 0 Å². The van der Waals surface area contributed by atoms with E-state index in [4.69, 9.17) is 6.42 Å². The van der Waals surface area contributed by atoms with Crippen LogP contribution >= 0.6 is 0 Å². The van der Waals surface area contributed by atoms with Gasteiger partial charge in [-0.05, 0) is 84.5 Å². The molecule has 1 aromatic rings. The Morgan fingerprint density at radius 2 is 2.22 bits per heavy atom. The molecule has 1 aromatic carbocycles. The number of hydrogen-bond donors (Lipinski definition) is 2. The average Bonchev–Trinajstić information content (AvgIpc) is 2.81. The summed E-state index contributed by atoms with van der Waals surface area (Å²) in [6.45, 7) is 2.38. The van der Waals surface area contributed by atoms with Crippen LogP contribution in [0.25, 0.3) is 0 Å². The molecule has 0 radical (unpaired) electrons. The molecular formula is C21H26O2. The number of aromatic hydroxyl groups is 1. The Labute approximate surface area is 138 Å². The van der Waals surface area contributed by atoms with Crippen LogP contribution in [-0.2, 0) is 6.42 Å². The minimum Gasteiger partial charge on any atom is -0.508 e. The molecule has 0 bridgehead atoms. The van der Waals surface area contributed by atoms with Crippen LogP contribution in [0.15, 0.2) is 18.2 Å². The first-order valence-corrected chi connectivity index (χ1v) is 8.95. The molecule has 0 heterocycles. The van der Waals surface area contributed by atoms with Crippen LogP contribution in [0.2, 0.25) is 0 Å². The Bertz CT molecular complexity index is 658. The molecule has 0 spiro atoms. The van der Waals surface area contributed by atoms with Gasteiger partial charge in [-0.2, -0.15) is 0 Å². The lowest BCUT2D eigenvalue weighted by atomic mass is 9.52. The molecule has 3 aliphatic rings. The summed E-state index contributed by atoms with van der Waals surface area (Å²) in [6, 6.07) is 5.89. The first-order chi connectivity index (χ1) is 11.0. The number of phenols is 1. The van der Waals surface area contributed by atoms with E-state index in [2.05, 4.69) is 18.9 Å². The number of hydrogen-bond acceptors (Lipinski definition) is 2. The Hall–Kier alpha value is -1.46. The van der Waals surface area contributed by atoms with Crippen LogP contribution in [0.5, 0.6) is 5.75 Å². The number of terminal acetylenes is 1. The van der Waals surface area contributed by atoms with Crippen molar-refractivity contribution in [2.45, 2.75) is 57.5 Å². The van der Waals surface area contributed by atoms with Gasteiger partial charge >= 0.3 is 0 Å². The summed E-state index contributed by atoms with van der Waals surface area (Å²) in [5, 5.41) is 20.1. The van der Waals surface area contributed by atoms with Gasteiger partial charge in [0.25, 0.3) is 0 Å². The van der Waals surface area contributed by atoms with Crippen molar-refractivity contribution < 1.29 is 10.2 Å². The molecular weight excluding hydrogens is 284 g/mol. The molecule has 0 aliphatic heterocycles. The van der Waals surface area contributed by atoms with Crippen molar-refractivity contribution in [1.29, 1.82) is 0 Å². The second-order valence-electron chi connectivity index (χ2n) is 8.33. The van der Waals surface area contributed by atoms with Gasteiger partial charge in [0.2, 0.25) is 0 Å². The summed E-state index contributed by atoms with van der Waals surface area (Å²) >= 11 is 0. The molecule has 2 heteroatoms. The molecule has 23 heavy (non-hydrogen) atoms. The molecule has 122 valence electrons. The summed E-state index contributed by atoms with van der Waals surface area (Å²) in [5.74, 6) is 5.44. The van der Waals surface area contributed by atoms with Gasteiger partial charge in [0, 0.05) is 6.42 Å². The van der Waals surface area contributed by atoms with Crippen LogP contribution < -0.4 is 0 Å². The summed E-state index contributed by atoms with van der Waals surface area (Å²) < 4.78 is 0. The molecule has 0 amide bonds. The first kappa shape index (κ1) is 15.1. The minimum absolute atomic E-state index is 0.142. The van der Waals surface area contributed by atoms with Gasteiger partial charge < -0.3 is 10.2 Å². The molecule has 0 aromatic heterocycles. The van der Waals surface area contributed by atoms with E-state index >= 15 is 0 Å². The Balaban J connectivity index is 1.77. The van der Waals surface area contributed by atoms with E-state index in [0.717, 1.165) is 25.7 Å². The largest absolute Gasteiger partial charge is 0.508 e. The number of aliphatic hydroxyl groups is 1. The van der Waals surface area contributed by atoms with Crippen molar-refractivity contribution >= 4 is 0 Å². The van der Waals surface area contributed by atoms with Crippen LogP contribution in [0.4, 0.5) is 0 Å². The van der Waals surface area contributed by atoms with Gasteiger partial charge in [0.05, 0.1) is 6.10 Å². The molecule has 6 atom stereocenters. The molecule has 4 rings (SSSR count). The lowest BCUT2D eigenvalue weighted by molar-refractivity contribution is 0.0274. The number of fused-ring (bicyclic) bond motifs is 5. The van der Waals surface area contributed by atoms with Gasteiger partial charge in [0.1, 0.15) is 5.75 Å². The van der Waals surface area contributed by atoms with E-state index in [1.165, 1.54) is 24.0 Å². The normalized spacial score (nSPS) is 41.5. The highest BCUT2D eigenvalue weighted by molar-refractivity contribution is 5.41. The zero-order chi connectivity index (χ0) is 16.2. The SMILES string of the molecule is C#CC[C@@H]1Cc2cc(O)ccc2[C@H]2CC[C@]3(C)C[C@@H](O)C[C@H]3[C@H]12. The van der Waals surface area contributed by atoms with Crippen molar-refractivity contribution in [3.05, 3.63) is 29.3 Å². The van der Waals surface area contributed by atoms with E-state index in [1.807, 2.05) is 12.1 Å². The van der Waals surface area contributed by atoms with Gasteiger partial charge in [-0.3, -0.25) is 0 Å². The molecule has 2 nitrogen and oxygen atoms in total. The lowest BCUT2D eigenvalue weighted by Gasteiger charge is -2.52. The van der Waals surface area contributed by atoms with E-state index in [-0.39, 0.29) is 11.5 Å². The molecule has 2 N–H and O–H groups in total. The first-order valence-electron chi connectivity index (χ1n) is 8.95. The average molecular weight is 310 g/mol. The lowest BCUT2D eigenvalue weighted by Crippen LogP contribution is -2.44. The number of phenolic OH excluding ortho intramolecular Hbond substituents is 1. The van der Waals surface area contributed by atoms with Gasteiger partial charge in [0.15, 0.2) is 0 Å². The molecule has 0 unspecified atom stereocenters. The fraction of sp³-hybridized carbons (Fsp3) is 0.619. The zero-order valence-corrected chi connectivity index (χ0v) is 13.8. The predicted molar refractivity (Wildman–Crippen MR) is 91.1 cm³/mol. The van der Waals surface area contributed by atoms with Gasteiger partial charge in [-0.15, -0.1) is 12.3 Å². The third-order valence-electron chi connectivity index (χ3n) is 7.01. The minimum atomic E-state index is -0.142. The highest BCUT2D eigenvalue weighted by atomic mass is 16.3. The van der Waals surface area contributed by atoms with Crippen LogP contribution in [0.1, 0.15) is 56.1 Å². The fourth-order valence-corrected chi connectivity index (χ4v) is 6.15. The molecule has 2 fully saturated rings. The Kier molecular flexibility index (Phi) is 3.46. The second-order valence-corrected chi connectivity index (χ2v) is 8.33. The third kappa shape index (κ3) is 2.29. The maximum Gasteiger partial charge on any atom is 0.115 e. The summed E-state index contributed by atoms with van der Waals surface area (Å²) in [7, 11) is 0. The second kappa shape index (κ2) is 5.28. The van der Waals surface area contributed by atoms with E-state index in [0.29, 0.717) is 29.4 Å². The van der Waals surface area contributed by atoms with Gasteiger partial charge in [-0.25, -0.2) is 0 Å². The Morgan fingerprint density at radius 3 is 3.00 bits per heavy atom. The number of benzene rings is 1. The molecule has 2 saturated carbocycles. The fourth-order valence-electron chi connectivity index (χ4n) is 6.15.